The van der Waals surface area contributed by atoms with E-state index in [0.717, 1.165) is 17.0 Å². The van der Waals surface area contributed by atoms with Crippen LogP contribution in [-0.4, -0.2) is 26.5 Å². The third kappa shape index (κ3) is 4.27. The molecular formula is C29H23ClN4O2. The van der Waals surface area contributed by atoms with Crippen molar-refractivity contribution < 1.29 is 9.59 Å². The van der Waals surface area contributed by atoms with Crippen LogP contribution in [0.2, 0.25) is 5.02 Å². The third-order valence-corrected chi connectivity index (χ3v) is 6.47. The molecule has 0 unspecified atom stereocenters. The standard InChI is InChI=1S/C29H23ClN4O2/c1-17-27(18(2)34(3)33-17)26-16-22(21-11-7-8-12-24(21)31-26)29(36)32-25-14-13-20(30)15-23(25)28(35)19-9-5-4-6-10-19/h4-16H,1-3H3,(H,32,36). The van der Waals surface area contributed by atoms with Gasteiger partial charge in [-0.3, -0.25) is 14.3 Å². The van der Waals surface area contributed by atoms with Gasteiger partial charge in [0.1, 0.15) is 0 Å². The van der Waals surface area contributed by atoms with E-state index < -0.39 is 0 Å². The molecule has 0 aliphatic heterocycles. The summed E-state index contributed by atoms with van der Waals surface area (Å²) in [6.45, 7) is 3.90. The molecule has 2 aromatic heterocycles. The van der Waals surface area contributed by atoms with E-state index in [1.807, 2.05) is 51.2 Å². The summed E-state index contributed by atoms with van der Waals surface area (Å²) < 4.78 is 1.80. The molecule has 36 heavy (non-hydrogen) atoms. The van der Waals surface area contributed by atoms with E-state index in [1.165, 1.54) is 0 Å². The highest BCUT2D eigenvalue weighted by Gasteiger charge is 2.21. The van der Waals surface area contributed by atoms with Gasteiger partial charge in [0, 0.05) is 39.8 Å². The van der Waals surface area contributed by atoms with Crippen molar-refractivity contribution >= 4 is 39.9 Å². The van der Waals surface area contributed by atoms with Gasteiger partial charge in [-0.15, -0.1) is 0 Å². The van der Waals surface area contributed by atoms with E-state index >= 15 is 0 Å². The normalized spacial score (nSPS) is 11.0. The van der Waals surface area contributed by atoms with Gasteiger partial charge in [0.25, 0.3) is 5.91 Å². The van der Waals surface area contributed by atoms with Crippen LogP contribution in [0.25, 0.3) is 22.2 Å². The zero-order valence-corrected chi connectivity index (χ0v) is 20.8. The number of anilines is 1. The molecule has 2 heterocycles. The fraction of sp³-hybridized carbons (Fsp3) is 0.103. The number of carbonyl (C=O) groups excluding carboxylic acids is 2. The Balaban J connectivity index is 1.60. The Hall–Kier alpha value is -4.29. The van der Waals surface area contributed by atoms with Crippen molar-refractivity contribution in [2.45, 2.75) is 13.8 Å². The second-order valence-electron chi connectivity index (χ2n) is 8.58. The Bertz CT molecular complexity index is 1640. The Morgan fingerprint density at radius 3 is 2.33 bits per heavy atom. The minimum atomic E-state index is -0.349. The van der Waals surface area contributed by atoms with Crippen molar-refractivity contribution in [3.8, 4) is 11.3 Å². The summed E-state index contributed by atoms with van der Waals surface area (Å²) in [5, 5.41) is 8.57. The molecule has 0 aliphatic carbocycles. The van der Waals surface area contributed by atoms with Crippen molar-refractivity contribution in [3.63, 3.8) is 0 Å². The molecule has 0 spiro atoms. The number of ketones is 1. The highest BCUT2D eigenvalue weighted by Crippen LogP contribution is 2.30. The number of aromatic nitrogens is 3. The van der Waals surface area contributed by atoms with Crippen molar-refractivity contribution in [3.05, 3.63) is 112 Å². The van der Waals surface area contributed by atoms with E-state index in [9.17, 15) is 9.59 Å². The molecule has 178 valence electrons. The lowest BCUT2D eigenvalue weighted by Crippen LogP contribution is -2.16. The Kier molecular flexibility index (Phi) is 6.12. The minimum Gasteiger partial charge on any atom is -0.321 e. The number of nitrogens with one attached hydrogen (secondary N) is 1. The molecule has 0 radical (unpaired) electrons. The summed E-state index contributed by atoms with van der Waals surface area (Å²) in [5.41, 5.74) is 5.70. The van der Waals surface area contributed by atoms with Gasteiger partial charge in [-0.25, -0.2) is 4.98 Å². The van der Waals surface area contributed by atoms with Crippen molar-refractivity contribution in [1.82, 2.24) is 14.8 Å². The van der Waals surface area contributed by atoms with Crippen LogP contribution in [0.3, 0.4) is 0 Å². The number of nitrogens with zero attached hydrogens (tertiary/aromatic N) is 3. The summed E-state index contributed by atoms with van der Waals surface area (Å²) in [4.78, 5) is 31.7. The molecule has 5 aromatic rings. The number of para-hydroxylation sites is 1. The number of rotatable bonds is 5. The number of hydrogen-bond donors (Lipinski definition) is 1. The lowest BCUT2D eigenvalue weighted by Gasteiger charge is -2.14. The number of amides is 1. The Morgan fingerprint density at radius 2 is 1.61 bits per heavy atom. The van der Waals surface area contributed by atoms with E-state index in [2.05, 4.69) is 10.4 Å². The number of aryl methyl sites for hydroxylation is 2. The van der Waals surface area contributed by atoms with E-state index in [0.29, 0.717) is 44.0 Å². The number of fused-ring (bicyclic) bond motifs is 1. The van der Waals surface area contributed by atoms with E-state index in [4.69, 9.17) is 16.6 Å². The highest BCUT2D eigenvalue weighted by atomic mass is 35.5. The summed E-state index contributed by atoms with van der Waals surface area (Å²) in [5.74, 6) is -0.575. The zero-order valence-electron chi connectivity index (χ0n) is 20.0. The highest BCUT2D eigenvalue weighted by molar-refractivity contribution is 6.31. The first kappa shape index (κ1) is 23.5. The van der Waals surface area contributed by atoms with Gasteiger partial charge in [0.15, 0.2) is 5.78 Å². The third-order valence-electron chi connectivity index (χ3n) is 6.24. The molecule has 0 saturated heterocycles. The van der Waals surface area contributed by atoms with Crippen LogP contribution in [0.5, 0.6) is 0 Å². The first-order valence-electron chi connectivity index (χ1n) is 11.4. The predicted octanol–water partition coefficient (Wildman–Crippen LogP) is 6.39. The van der Waals surface area contributed by atoms with Crippen molar-refractivity contribution in [2.75, 3.05) is 5.32 Å². The monoisotopic (exact) mass is 494 g/mol. The summed E-state index contributed by atoms with van der Waals surface area (Å²) in [6, 6.07) is 23.0. The number of halogens is 1. The molecule has 6 nitrogen and oxygen atoms in total. The first-order valence-corrected chi connectivity index (χ1v) is 11.8. The minimum absolute atomic E-state index is 0.227. The molecule has 0 saturated carbocycles. The molecular weight excluding hydrogens is 472 g/mol. The van der Waals surface area contributed by atoms with Gasteiger partial charge < -0.3 is 5.32 Å². The summed E-state index contributed by atoms with van der Waals surface area (Å²) in [7, 11) is 1.88. The maximum absolute atomic E-state index is 13.7. The predicted molar refractivity (Wildman–Crippen MR) is 143 cm³/mol. The molecule has 0 aliphatic rings. The topological polar surface area (TPSA) is 76.9 Å². The van der Waals surface area contributed by atoms with Crippen LogP contribution in [0.1, 0.15) is 37.7 Å². The number of benzene rings is 3. The van der Waals surface area contributed by atoms with Crippen LogP contribution in [-0.2, 0) is 7.05 Å². The van der Waals surface area contributed by atoms with Gasteiger partial charge in [-0.05, 0) is 44.2 Å². The van der Waals surface area contributed by atoms with E-state index in [-0.39, 0.29) is 11.7 Å². The molecule has 0 bridgehead atoms. The van der Waals surface area contributed by atoms with Crippen LogP contribution in [0.4, 0.5) is 5.69 Å². The number of carbonyl (C=O) groups is 2. The first-order chi connectivity index (χ1) is 17.3. The maximum atomic E-state index is 13.7. The van der Waals surface area contributed by atoms with Crippen LogP contribution in [0.15, 0.2) is 78.9 Å². The Labute approximate surface area is 213 Å². The SMILES string of the molecule is Cc1nn(C)c(C)c1-c1cc(C(=O)Nc2ccc(Cl)cc2C(=O)c2ccccc2)c2ccccc2n1. The van der Waals surface area contributed by atoms with Gasteiger partial charge >= 0.3 is 0 Å². The van der Waals surface area contributed by atoms with Gasteiger partial charge in [-0.1, -0.05) is 60.1 Å². The van der Waals surface area contributed by atoms with Gasteiger partial charge in [0.2, 0.25) is 0 Å². The number of hydrogen-bond acceptors (Lipinski definition) is 4. The number of pyridine rings is 1. The van der Waals surface area contributed by atoms with E-state index in [1.54, 1.807) is 53.2 Å². The lowest BCUT2D eigenvalue weighted by atomic mass is 10.0. The van der Waals surface area contributed by atoms with Crippen LogP contribution in [0, 0.1) is 13.8 Å². The second-order valence-corrected chi connectivity index (χ2v) is 9.02. The summed E-state index contributed by atoms with van der Waals surface area (Å²) in [6.07, 6.45) is 0. The van der Waals surface area contributed by atoms with Crippen molar-refractivity contribution in [1.29, 1.82) is 0 Å². The fourth-order valence-corrected chi connectivity index (χ4v) is 4.56. The van der Waals surface area contributed by atoms with Crippen LogP contribution >= 0.6 is 11.6 Å². The van der Waals surface area contributed by atoms with Crippen LogP contribution < -0.4 is 5.32 Å². The zero-order chi connectivity index (χ0) is 25.4. The second kappa shape index (κ2) is 9.40. The van der Waals surface area contributed by atoms with Gasteiger partial charge in [0.05, 0.1) is 28.2 Å². The summed E-state index contributed by atoms with van der Waals surface area (Å²) >= 11 is 6.22. The quantitative estimate of drug-likeness (QED) is 0.287. The molecule has 1 N–H and O–H groups in total. The average Bonchev–Trinajstić information content (AvgIpc) is 3.15. The molecule has 0 fully saturated rings. The van der Waals surface area contributed by atoms with Crippen molar-refractivity contribution in [2.24, 2.45) is 7.05 Å². The molecule has 5 rings (SSSR count). The smallest absolute Gasteiger partial charge is 0.256 e. The fourth-order valence-electron chi connectivity index (χ4n) is 4.38. The molecule has 3 aromatic carbocycles. The Morgan fingerprint density at radius 1 is 0.889 bits per heavy atom. The maximum Gasteiger partial charge on any atom is 0.256 e. The molecule has 7 heteroatoms. The molecule has 0 atom stereocenters. The average molecular weight is 495 g/mol. The molecule has 1 amide bonds. The van der Waals surface area contributed by atoms with Gasteiger partial charge in [-0.2, -0.15) is 5.10 Å². The lowest BCUT2D eigenvalue weighted by molar-refractivity contribution is 0.102. The largest absolute Gasteiger partial charge is 0.321 e.